The molecule has 0 radical (unpaired) electrons. The number of nitrogens with one attached hydrogen (secondary N) is 1. The average Bonchev–Trinajstić information content (AvgIpc) is 2.60. The maximum atomic E-state index is 13.8. The van der Waals surface area contributed by atoms with Crippen LogP contribution in [0, 0.1) is 11.6 Å². The normalized spacial score (nSPS) is 19.3. The van der Waals surface area contributed by atoms with Gasteiger partial charge in [-0.3, -0.25) is 9.59 Å². The number of hydrogen-bond acceptors (Lipinski definition) is 4. The standard InChI is InChI=1S/C18H16F2N2O4S/c1-18(9-10-22(18)16(23)12-5-3-2-4-6-12)17(24)21-27(25,26)15-8-7-13(19)11-14(15)20/h2-8,11H,9-10H2,1H3,(H,21,24). The molecule has 1 heterocycles. The molecule has 0 bridgehead atoms. The van der Waals surface area contributed by atoms with E-state index < -0.39 is 43.9 Å². The summed E-state index contributed by atoms with van der Waals surface area (Å²) in [6.07, 6.45) is 0.249. The first kappa shape index (κ1) is 19.0. The minimum atomic E-state index is -4.56. The number of sulfonamides is 1. The summed E-state index contributed by atoms with van der Waals surface area (Å²) in [6.45, 7) is 1.71. The van der Waals surface area contributed by atoms with Gasteiger partial charge in [0.25, 0.3) is 21.8 Å². The molecule has 0 spiro atoms. The summed E-state index contributed by atoms with van der Waals surface area (Å²) in [6, 6.07) is 10.2. The molecule has 1 atom stereocenters. The van der Waals surface area contributed by atoms with Crippen LogP contribution in [0.25, 0.3) is 0 Å². The number of halogens is 2. The van der Waals surface area contributed by atoms with Gasteiger partial charge >= 0.3 is 0 Å². The zero-order chi connectivity index (χ0) is 19.8. The van der Waals surface area contributed by atoms with E-state index in [2.05, 4.69) is 0 Å². The van der Waals surface area contributed by atoms with E-state index in [1.54, 1.807) is 35.1 Å². The number of carbonyl (C=O) groups is 2. The maximum Gasteiger partial charge on any atom is 0.267 e. The van der Waals surface area contributed by atoms with Gasteiger partial charge in [0.1, 0.15) is 22.1 Å². The molecule has 27 heavy (non-hydrogen) atoms. The van der Waals surface area contributed by atoms with Crippen molar-refractivity contribution in [3.8, 4) is 0 Å². The predicted molar refractivity (Wildman–Crippen MR) is 92.2 cm³/mol. The molecule has 2 aromatic rings. The summed E-state index contributed by atoms with van der Waals surface area (Å²) in [5.74, 6) is -3.62. The highest BCUT2D eigenvalue weighted by Crippen LogP contribution is 2.32. The second-order valence-electron chi connectivity index (χ2n) is 6.36. The number of rotatable bonds is 4. The highest BCUT2D eigenvalue weighted by Gasteiger charge is 2.50. The van der Waals surface area contributed by atoms with Crippen LogP contribution in [0.3, 0.4) is 0 Å². The minimum Gasteiger partial charge on any atom is -0.324 e. The number of hydrogen-bond donors (Lipinski definition) is 1. The topological polar surface area (TPSA) is 83.6 Å². The smallest absolute Gasteiger partial charge is 0.267 e. The van der Waals surface area contributed by atoms with E-state index in [4.69, 9.17) is 0 Å². The van der Waals surface area contributed by atoms with Crippen molar-refractivity contribution in [3.63, 3.8) is 0 Å². The summed E-state index contributed by atoms with van der Waals surface area (Å²) in [7, 11) is -4.56. The van der Waals surface area contributed by atoms with E-state index in [-0.39, 0.29) is 13.0 Å². The Morgan fingerprint density at radius 2 is 1.78 bits per heavy atom. The molecule has 0 aliphatic carbocycles. The van der Waals surface area contributed by atoms with Gasteiger partial charge in [0, 0.05) is 18.2 Å². The number of nitrogens with zero attached hydrogens (tertiary/aromatic N) is 1. The molecule has 9 heteroatoms. The molecule has 1 N–H and O–H groups in total. The highest BCUT2D eigenvalue weighted by molar-refractivity contribution is 7.90. The van der Waals surface area contributed by atoms with Crippen molar-refractivity contribution >= 4 is 21.8 Å². The van der Waals surface area contributed by atoms with E-state index in [9.17, 15) is 26.8 Å². The van der Waals surface area contributed by atoms with Crippen LogP contribution in [-0.4, -0.2) is 37.2 Å². The molecule has 1 unspecified atom stereocenters. The van der Waals surface area contributed by atoms with Crippen LogP contribution >= 0.6 is 0 Å². The molecule has 0 aromatic heterocycles. The Labute approximate surface area is 154 Å². The first-order chi connectivity index (χ1) is 12.6. The molecule has 0 saturated carbocycles. The Kier molecular flexibility index (Phi) is 4.73. The second-order valence-corrected chi connectivity index (χ2v) is 8.01. The minimum absolute atomic E-state index is 0.249. The lowest BCUT2D eigenvalue weighted by molar-refractivity contribution is -0.135. The van der Waals surface area contributed by atoms with Gasteiger partial charge < -0.3 is 4.90 Å². The lowest BCUT2D eigenvalue weighted by Gasteiger charge is -2.48. The van der Waals surface area contributed by atoms with Gasteiger partial charge in [0.2, 0.25) is 0 Å². The van der Waals surface area contributed by atoms with Crippen molar-refractivity contribution in [2.45, 2.75) is 23.8 Å². The van der Waals surface area contributed by atoms with Gasteiger partial charge in [-0.05, 0) is 37.6 Å². The third-order valence-electron chi connectivity index (χ3n) is 4.58. The summed E-state index contributed by atoms with van der Waals surface area (Å²) in [5, 5.41) is 0. The lowest BCUT2D eigenvalue weighted by atomic mass is 9.85. The van der Waals surface area contributed by atoms with E-state index >= 15 is 0 Å². The molecule has 1 saturated heterocycles. The van der Waals surface area contributed by atoms with Crippen LogP contribution in [0.2, 0.25) is 0 Å². The fraction of sp³-hybridized carbons (Fsp3) is 0.222. The molecule has 3 rings (SSSR count). The maximum absolute atomic E-state index is 13.8. The highest BCUT2D eigenvalue weighted by atomic mass is 32.2. The Balaban J connectivity index is 1.82. The van der Waals surface area contributed by atoms with Crippen LogP contribution in [0.1, 0.15) is 23.7 Å². The van der Waals surface area contributed by atoms with Crippen molar-refractivity contribution < 1.29 is 26.8 Å². The third-order valence-corrected chi connectivity index (χ3v) is 5.95. The van der Waals surface area contributed by atoms with Gasteiger partial charge in [-0.15, -0.1) is 0 Å². The van der Waals surface area contributed by atoms with E-state index in [1.165, 1.54) is 11.8 Å². The van der Waals surface area contributed by atoms with E-state index in [1.807, 2.05) is 0 Å². The van der Waals surface area contributed by atoms with E-state index in [0.717, 1.165) is 12.1 Å². The lowest BCUT2D eigenvalue weighted by Crippen LogP contribution is -2.67. The first-order valence-corrected chi connectivity index (χ1v) is 9.53. The van der Waals surface area contributed by atoms with Crippen molar-refractivity contribution in [1.82, 2.24) is 9.62 Å². The van der Waals surface area contributed by atoms with E-state index in [0.29, 0.717) is 11.6 Å². The molecule has 2 amide bonds. The Morgan fingerprint density at radius 3 is 2.33 bits per heavy atom. The van der Waals surface area contributed by atoms with Gasteiger partial charge in [-0.25, -0.2) is 21.9 Å². The predicted octanol–water partition coefficient (Wildman–Crippen LogP) is 2.07. The first-order valence-electron chi connectivity index (χ1n) is 8.04. The molecule has 1 aliphatic rings. The summed E-state index contributed by atoms with van der Waals surface area (Å²) >= 11 is 0. The van der Waals surface area contributed by atoms with Gasteiger partial charge in [0.15, 0.2) is 0 Å². The molecular formula is C18H16F2N2O4S. The molecule has 142 valence electrons. The van der Waals surface area contributed by atoms with Crippen molar-refractivity contribution in [2.24, 2.45) is 0 Å². The van der Waals surface area contributed by atoms with Gasteiger partial charge in [-0.2, -0.15) is 0 Å². The monoisotopic (exact) mass is 394 g/mol. The van der Waals surface area contributed by atoms with Crippen LogP contribution in [0.15, 0.2) is 53.4 Å². The Hall–Kier alpha value is -2.81. The second kappa shape index (κ2) is 6.73. The van der Waals surface area contributed by atoms with Crippen LogP contribution in [-0.2, 0) is 14.8 Å². The number of benzene rings is 2. The average molecular weight is 394 g/mol. The largest absolute Gasteiger partial charge is 0.324 e. The van der Waals surface area contributed by atoms with Crippen LogP contribution in [0.4, 0.5) is 8.78 Å². The van der Waals surface area contributed by atoms with Crippen molar-refractivity contribution in [3.05, 3.63) is 65.7 Å². The number of amides is 2. The molecule has 6 nitrogen and oxygen atoms in total. The molecule has 1 aliphatic heterocycles. The number of carbonyl (C=O) groups excluding carboxylic acids is 2. The van der Waals surface area contributed by atoms with Crippen LogP contribution in [0.5, 0.6) is 0 Å². The third kappa shape index (κ3) is 3.42. The fourth-order valence-corrected chi connectivity index (χ4v) is 3.97. The van der Waals surface area contributed by atoms with Crippen molar-refractivity contribution in [2.75, 3.05) is 6.54 Å². The quantitative estimate of drug-likeness (QED) is 0.861. The van der Waals surface area contributed by atoms with Gasteiger partial charge in [0.05, 0.1) is 0 Å². The summed E-state index contributed by atoms with van der Waals surface area (Å²) < 4.78 is 53.2. The zero-order valence-corrected chi connectivity index (χ0v) is 15.1. The SMILES string of the molecule is CC1(C(=O)NS(=O)(=O)c2ccc(F)cc2F)CCN1C(=O)c1ccccc1. The summed E-state index contributed by atoms with van der Waals surface area (Å²) in [4.78, 5) is 25.6. The molecule has 1 fully saturated rings. The fourth-order valence-electron chi connectivity index (χ4n) is 2.84. The van der Waals surface area contributed by atoms with Crippen LogP contribution < -0.4 is 4.72 Å². The molecule has 2 aromatic carbocycles. The van der Waals surface area contributed by atoms with Crippen molar-refractivity contribution in [1.29, 1.82) is 0 Å². The number of likely N-dealkylation sites (tertiary alicyclic amines) is 1. The zero-order valence-electron chi connectivity index (χ0n) is 14.3. The molecular weight excluding hydrogens is 378 g/mol. The Morgan fingerprint density at radius 1 is 1.11 bits per heavy atom. The summed E-state index contributed by atoms with van der Waals surface area (Å²) in [5.41, 5.74) is -1.03. The Bertz CT molecular complexity index is 1010. The van der Waals surface area contributed by atoms with Gasteiger partial charge in [-0.1, -0.05) is 18.2 Å².